The molecule has 2 aliphatic rings. The minimum Gasteiger partial charge on any atom is -0.481 e. The van der Waals surface area contributed by atoms with E-state index in [4.69, 9.17) is 0 Å². The third-order valence-corrected chi connectivity index (χ3v) is 4.76. The van der Waals surface area contributed by atoms with E-state index in [9.17, 15) is 14.7 Å². The SMILES string of the molecule is CC(C)[C@@H]1CN(C(=O)c2cccn2C2CC2)C[C@H]1C(=O)O. The molecule has 1 aliphatic carbocycles. The largest absolute Gasteiger partial charge is 0.481 e. The van der Waals surface area contributed by atoms with Gasteiger partial charge >= 0.3 is 5.97 Å². The van der Waals surface area contributed by atoms with Crippen LogP contribution in [-0.2, 0) is 4.79 Å². The van der Waals surface area contributed by atoms with Crippen LogP contribution in [-0.4, -0.2) is 39.5 Å². The van der Waals surface area contributed by atoms with Crippen LogP contribution in [0.2, 0.25) is 0 Å². The smallest absolute Gasteiger partial charge is 0.308 e. The molecule has 2 atom stereocenters. The molecule has 0 bridgehead atoms. The van der Waals surface area contributed by atoms with Gasteiger partial charge in [0.25, 0.3) is 5.91 Å². The van der Waals surface area contributed by atoms with Crippen molar-refractivity contribution in [3.8, 4) is 0 Å². The highest BCUT2D eigenvalue weighted by Crippen LogP contribution is 2.37. The maximum atomic E-state index is 12.7. The molecule has 1 N–H and O–H groups in total. The van der Waals surface area contributed by atoms with Crippen molar-refractivity contribution in [2.45, 2.75) is 32.7 Å². The van der Waals surface area contributed by atoms with Gasteiger partial charge in [0.2, 0.25) is 0 Å². The van der Waals surface area contributed by atoms with E-state index in [0.29, 0.717) is 24.8 Å². The molecule has 21 heavy (non-hydrogen) atoms. The zero-order valence-corrected chi connectivity index (χ0v) is 12.5. The van der Waals surface area contributed by atoms with Crippen molar-refractivity contribution in [3.05, 3.63) is 24.0 Å². The lowest BCUT2D eigenvalue weighted by Gasteiger charge is -2.19. The molecular formula is C16H22N2O3. The normalized spacial score (nSPS) is 25.6. The van der Waals surface area contributed by atoms with E-state index in [1.807, 2.05) is 36.7 Å². The predicted molar refractivity (Wildman–Crippen MR) is 78.1 cm³/mol. The molecule has 1 saturated carbocycles. The Labute approximate surface area is 124 Å². The summed E-state index contributed by atoms with van der Waals surface area (Å²) >= 11 is 0. The van der Waals surface area contributed by atoms with Crippen molar-refractivity contribution in [3.63, 3.8) is 0 Å². The summed E-state index contributed by atoms with van der Waals surface area (Å²) in [5, 5.41) is 9.37. The monoisotopic (exact) mass is 290 g/mol. The molecule has 1 aromatic heterocycles. The first-order chi connectivity index (χ1) is 9.99. The summed E-state index contributed by atoms with van der Waals surface area (Å²) in [6.45, 7) is 4.93. The summed E-state index contributed by atoms with van der Waals surface area (Å²) in [5.74, 6) is -0.962. The van der Waals surface area contributed by atoms with Gasteiger partial charge in [-0.1, -0.05) is 13.8 Å². The lowest BCUT2D eigenvalue weighted by molar-refractivity contribution is -0.142. The van der Waals surface area contributed by atoms with Crippen molar-refractivity contribution < 1.29 is 14.7 Å². The van der Waals surface area contributed by atoms with Crippen molar-refractivity contribution in [2.75, 3.05) is 13.1 Å². The molecule has 1 aromatic rings. The third-order valence-electron chi connectivity index (χ3n) is 4.76. The molecule has 0 aromatic carbocycles. The van der Waals surface area contributed by atoms with E-state index < -0.39 is 11.9 Å². The highest BCUT2D eigenvalue weighted by Gasteiger charge is 2.42. The van der Waals surface area contributed by atoms with Gasteiger partial charge in [-0.2, -0.15) is 0 Å². The fourth-order valence-electron chi connectivity index (χ4n) is 3.34. The van der Waals surface area contributed by atoms with Crippen molar-refractivity contribution in [1.82, 2.24) is 9.47 Å². The van der Waals surface area contributed by atoms with Crippen LogP contribution >= 0.6 is 0 Å². The van der Waals surface area contributed by atoms with E-state index in [0.717, 1.165) is 12.8 Å². The first-order valence-electron chi connectivity index (χ1n) is 7.68. The van der Waals surface area contributed by atoms with Crippen LogP contribution in [0.15, 0.2) is 18.3 Å². The second-order valence-electron chi connectivity index (χ2n) is 6.59. The first-order valence-corrected chi connectivity index (χ1v) is 7.68. The van der Waals surface area contributed by atoms with Gasteiger partial charge in [-0.05, 0) is 36.8 Å². The maximum absolute atomic E-state index is 12.7. The Kier molecular flexibility index (Phi) is 3.51. The van der Waals surface area contributed by atoms with Crippen LogP contribution in [0.5, 0.6) is 0 Å². The van der Waals surface area contributed by atoms with Gasteiger partial charge in [0.1, 0.15) is 5.69 Å². The number of likely N-dealkylation sites (tertiary alicyclic amines) is 1. The van der Waals surface area contributed by atoms with E-state index in [1.165, 1.54) is 0 Å². The summed E-state index contributed by atoms with van der Waals surface area (Å²) in [4.78, 5) is 25.8. The number of hydrogen-bond donors (Lipinski definition) is 1. The highest BCUT2D eigenvalue weighted by atomic mass is 16.4. The average molecular weight is 290 g/mol. The van der Waals surface area contributed by atoms with E-state index in [2.05, 4.69) is 0 Å². The quantitative estimate of drug-likeness (QED) is 0.925. The fourth-order valence-corrected chi connectivity index (χ4v) is 3.34. The van der Waals surface area contributed by atoms with Gasteiger partial charge < -0.3 is 14.6 Å². The molecular weight excluding hydrogens is 268 g/mol. The Morgan fingerprint density at radius 3 is 2.52 bits per heavy atom. The van der Waals surface area contributed by atoms with Crippen LogP contribution in [0.25, 0.3) is 0 Å². The van der Waals surface area contributed by atoms with Crippen LogP contribution in [0.3, 0.4) is 0 Å². The standard InChI is InChI=1S/C16H22N2O3/c1-10(2)12-8-17(9-13(12)16(20)21)15(19)14-4-3-7-18(14)11-5-6-11/h3-4,7,10-13H,5-6,8-9H2,1-2H3,(H,20,21)/t12-,13+/m0/s1. The summed E-state index contributed by atoms with van der Waals surface area (Å²) in [6, 6.07) is 4.20. The summed E-state index contributed by atoms with van der Waals surface area (Å²) in [7, 11) is 0. The number of carboxylic acids is 1. The number of carbonyl (C=O) groups excluding carboxylic acids is 1. The van der Waals surface area contributed by atoms with Crippen molar-refractivity contribution in [2.24, 2.45) is 17.8 Å². The second kappa shape index (κ2) is 5.20. The molecule has 5 heteroatoms. The Hall–Kier alpha value is -1.78. The molecule has 0 spiro atoms. The average Bonchev–Trinajstić information content (AvgIpc) is 3.01. The Bertz CT molecular complexity index is 560. The van der Waals surface area contributed by atoms with Crippen molar-refractivity contribution in [1.29, 1.82) is 0 Å². The van der Waals surface area contributed by atoms with Gasteiger partial charge in [0.05, 0.1) is 5.92 Å². The Balaban J connectivity index is 1.79. The Morgan fingerprint density at radius 1 is 1.29 bits per heavy atom. The lowest BCUT2D eigenvalue weighted by atomic mass is 9.86. The highest BCUT2D eigenvalue weighted by molar-refractivity contribution is 5.93. The van der Waals surface area contributed by atoms with E-state index in [-0.39, 0.29) is 17.7 Å². The minimum absolute atomic E-state index is 0.0266. The Morgan fingerprint density at radius 2 is 2.00 bits per heavy atom. The molecule has 1 amide bonds. The van der Waals surface area contributed by atoms with Gasteiger partial charge in [-0.3, -0.25) is 9.59 Å². The first kappa shape index (κ1) is 14.2. The predicted octanol–water partition coefficient (Wildman–Crippen LogP) is 2.25. The summed E-state index contributed by atoms with van der Waals surface area (Å²) in [6.07, 6.45) is 4.21. The van der Waals surface area contributed by atoms with E-state index >= 15 is 0 Å². The van der Waals surface area contributed by atoms with Crippen LogP contribution < -0.4 is 0 Å². The zero-order valence-electron chi connectivity index (χ0n) is 12.5. The van der Waals surface area contributed by atoms with Crippen molar-refractivity contribution >= 4 is 11.9 Å². The van der Waals surface area contributed by atoms with E-state index in [1.54, 1.807) is 4.90 Å². The third kappa shape index (κ3) is 2.57. The van der Waals surface area contributed by atoms with Crippen LogP contribution in [0.4, 0.5) is 0 Å². The molecule has 5 nitrogen and oxygen atoms in total. The molecule has 1 saturated heterocycles. The van der Waals surface area contributed by atoms with Gasteiger partial charge in [0.15, 0.2) is 0 Å². The molecule has 0 unspecified atom stereocenters. The van der Waals surface area contributed by atoms with Crippen LogP contribution in [0.1, 0.15) is 43.2 Å². The molecule has 0 radical (unpaired) electrons. The number of carboxylic acid groups (broad SMARTS) is 1. The van der Waals surface area contributed by atoms with Gasteiger partial charge in [-0.25, -0.2) is 0 Å². The van der Waals surface area contributed by atoms with Gasteiger partial charge in [0, 0.05) is 25.3 Å². The number of amides is 1. The topological polar surface area (TPSA) is 62.5 Å². The number of aliphatic carboxylic acids is 1. The van der Waals surface area contributed by atoms with Gasteiger partial charge in [-0.15, -0.1) is 0 Å². The molecule has 2 fully saturated rings. The molecule has 2 heterocycles. The van der Waals surface area contributed by atoms with Crippen LogP contribution in [0, 0.1) is 17.8 Å². The fraction of sp³-hybridized carbons (Fsp3) is 0.625. The number of rotatable bonds is 4. The second-order valence-corrected chi connectivity index (χ2v) is 6.59. The molecule has 114 valence electrons. The minimum atomic E-state index is -0.790. The number of aromatic nitrogens is 1. The zero-order chi connectivity index (χ0) is 15.1. The number of nitrogens with zero attached hydrogens (tertiary/aromatic N) is 2. The summed E-state index contributed by atoms with van der Waals surface area (Å²) < 4.78 is 2.04. The summed E-state index contributed by atoms with van der Waals surface area (Å²) in [5.41, 5.74) is 0.700. The number of hydrogen-bond acceptors (Lipinski definition) is 2. The lowest BCUT2D eigenvalue weighted by Crippen LogP contribution is -2.31. The molecule has 1 aliphatic heterocycles. The number of carbonyl (C=O) groups is 2. The maximum Gasteiger partial charge on any atom is 0.308 e. The molecule has 3 rings (SSSR count).